The van der Waals surface area contributed by atoms with Crippen LogP contribution in [0.3, 0.4) is 0 Å². The van der Waals surface area contributed by atoms with Crippen molar-refractivity contribution in [3.63, 3.8) is 0 Å². The topological polar surface area (TPSA) is 61.5 Å². The molecule has 0 aliphatic carbocycles. The molecule has 0 amide bonds. The molecule has 1 heterocycles. The number of thiocarbonyl (C=S) groups is 1. The lowest BCUT2D eigenvalue weighted by atomic mass is 10.3. The van der Waals surface area contributed by atoms with Gasteiger partial charge < -0.3 is 10.5 Å². The van der Waals surface area contributed by atoms with Crippen LogP contribution in [0.25, 0.3) is 0 Å². The normalized spacial score (nSPS) is 11.1. The molecule has 1 rings (SSSR count). The third-order valence-corrected chi connectivity index (χ3v) is 3.37. The van der Waals surface area contributed by atoms with Gasteiger partial charge in [-0.05, 0) is 0 Å². The number of carbonyl (C=O) groups excluding carboxylic acids is 1. The number of hydrogen-bond acceptors (Lipinski definition) is 4. The molecule has 0 aromatic carbocycles. The van der Waals surface area contributed by atoms with E-state index < -0.39 is 16.7 Å². The van der Waals surface area contributed by atoms with Crippen molar-refractivity contribution in [3.05, 3.63) is 21.9 Å². The standard InChI is InChI=1S/C8H9NO3S2/c1-11-8(10)6-3-5(7(9)13)4-14(6)12-2/h3-4H,1-2H3,(H-,9,13)/p+1. The van der Waals surface area contributed by atoms with E-state index in [1.807, 2.05) is 0 Å². The molecule has 0 spiro atoms. The lowest BCUT2D eigenvalue weighted by Crippen LogP contribution is -2.07. The fraction of sp³-hybridized carbons (Fsp3) is 0.250. The zero-order valence-electron chi connectivity index (χ0n) is 7.77. The first kappa shape index (κ1) is 11.1. The Labute approximate surface area is 89.8 Å². The summed E-state index contributed by atoms with van der Waals surface area (Å²) in [5.41, 5.74) is 6.08. The zero-order chi connectivity index (χ0) is 10.7. The number of methoxy groups -OCH3 is 1. The van der Waals surface area contributed by atoms with Crippen molar-refractivity contribution >= 4 is 33.9 Å². The highest BCUT2D eigenvalue weighted by Crippen LogP contribution is 2.26. The van der Waals surface area contributed by atoms with E-state index in [1.54, 1.807) is 11.4 Å². The highest BCUT2D eigenvalue weighted by Gasteiger charge is 2.26. The van der Waals surface area contributed by atoms with Crippen molar-refractivity contribution in [3.8, 4) is 0 Å². The van der Waals surface area contributed by atoms with Gasteiger partial charge in [-0.3, -0.25) is 0 Å². The summed E-state index contributed by atoms with van der Waals surface area (Å²) in [6.45, 7) is 0. The first-order chi connectivity index (χ1) is 6.60. The molecule has 0 aliphatic rings. The molecular formula is C8H10NO3S2+. The largest absolute Gasteiger partial charge is 0.462 e. The average Bonchev–Trinajstić information content (AvgIpc) is 2.60. The molecule has 0 aliphatic heterocycles. The average molecular weight is 232 g/mol. The molecule has 0 radical (unpaired) electrons. The van der Waals surface area contributed by atoms with Crippen LogP contribution in [-0.2, 0) is 4.74 Å². The Hall–Kier alpha value is -0.980. The molecule has 0 saturated heterocycles. The number of hydrogen-bond donors (Lipinski definition) is 1. The van der Waals surface area contributed by atoms with E-state index in [4.69, 9.17) is 22.1 Å². The highest BCUT2D eigenvalue weighted by atomic mass is 32.2. The SMILES string of the molecule is COC(=O)c1cc(C(N)=S)c[s+]1OC. The maximum atomic E-state index is 11.3. The van der Waals surface area contributed by atoms with Gasteiger partial charge in [0.25, 0.3) is 4.88 Å². The molecule has 1 unspecified atom stereocenters. The van der Waals surface area contributed by atoms with Crippen molar-refractivity contribution in [2.24, 2.45) is 5.73 Å². The Morgan fingerprint density at radius 3 is 2.64 bits per heavy atom. The second kappa shape index (κ2) is 4.50. The number of carbonyl (C=O) groups is 1. The third-order valence-electron chi connectivity index (χ3n) is 1.59. The monoisotopic (exact) mass is 232 g/mol. The summed E-state index contributed by atoms with van der Waals surface area (Å²) in [6.07, 6.45) is 0. The Morgan fingerprint density at radius 2 is 2.21 bits per heavy atom. The van der Waals surface area contributed by atoms with Crippen molar-refractivity contribution in [1.29, 1.82) is 0 Å². The molecule has 0 saturated carbocycles. The second-order valence-electron chi connectivity index (χ2n) is 2.40. The van der Waals surface area contributed by atoms with Crippen LogP contribution in [0.4, 0.5) is 0 Å². The number of rotatable bonds is 3. The Bertz CT molecular complexity index is 373. The predicted molar refractivity (Wildman–Crippen MR) is 58.7 cm³/mol. The van der Waals surface area contributed by atoms with Crippen LogP contribution < -0.4 is 9.92 Å². The summed E-state index contributed by atoms with van der Waals surface area (Å²) in [5.74, 6) is -0.419. The molecule has 14 heavy (non-hydrogen) atoms. The van der Waals surface area contributed by atoms with E-state index in [0.29, 0.717) is 10.4 Å². The number of nitrogens with two attached hydrogens (primary N) is 1. The molecule has 1 aromatic heterocycles. The van der Waals surface area contributed by atoms with Crippen LogP contribution >= 0.6 is 23.0 Å². The van der Waals surface area contributed by atoms with Crippen LogP contribution in [-0.4, -0.2) is 25.2 Å². The van der Waals surface area contributed by atoms with Crippen LogP contribution in [0.1, 0.15) is 15.2 Å². The Morgan fingerprint density at radius 1 is 1.57 bits per heavy atom. The Kier molecular flexibility index (Phi) is 3.56. The zero-order valence-corrected chi connectivity index (χ0v) is 9.41. The molecule has 6 heteroatoms. The fourth-order valence-corrected chi connectivity index (χ4v) is 2.43. The summed E-state index contributed by atoms with van der Waals surface area (Å²) >= 11 is 4.79. The van der Waals surface area contributed by atoms with E-state index in [-0.39, 0.29) is 4.99 Å². The molecule has 2 N–H and O–H groups in total. The molecule has 1 atom stereocenters. The van der Waals surface area contributed by atoms with Crippen molar-refractivity contribution in [2.45, 2.75) is 0 Å². The first-order valence-electron chi connectivity index (χ1n) is 3.69. The highest BCUT2D eigenvalue weighted by molar-refractivity contribution is 7.80. The van der Waals surface area contributed by atoms with E-state index in [9.17, 15) is 4.79 Å². The van der Waals surface area contributed by atoms with Gasteiger partial charge in [0.05, 0.1) is 19.8 Å². The minimum absolute atomic E-state index is 0.249. The second-order valence-corrected chi connectivity index (χ2v) is 4.45. The first-order valence-corrected chi connectivity index (χ1v) is 5.31. The van der Waals surface area contributed by atoms with Gasteiger partial charge in [0.2, 0.25) is 0 Å². The quantitative estimate of drug-likeness (QED) is 0.477. The predicted octanol–water partition coefficient (Wildman–Crippen LogP) is 0.915. The lowest BCUT2D eigenvalue weighted by Gasteiger charge is -1.89. The van der Waals surface area contributed by atoms with E-state index in [2.05, 4.69) is 4.74 Å². The molecule has 76 valence electrons. The van der Waals surface area contributed by atoms with Gasteiger partial charge in [0.15, 0.2) is 16.1 Å². The van der Waals surface area contributed by atoms with Gasteiger partial charge in [0.1, 0.15) is 4.99 Å². The van der Waals surface area contributed by atoms with Crippen molar-refractivity contribution in [2.75, 3.05) is 14.2 Å². The van der Waals surface area contributed by atoms with Crippen LogP contribution in [0.15, 0.2) is 11.4 Å². The maximum Gasteiger partial charge on any atom is 0.394 e. The van der Waals surface area contributed by atoms with Gasteiger partial charge in [-0.1, -0.05) is 12.2 Å². The molecule has 4 nitrogen and oxygen atoms in total. The van der Waals surface area contributed by atoms with E-state index in [0.717, 1.165) is 0 Å². The Balaban J connectivity index is 3.15. The summed E-state index contributed by atoms with van der Waals surface area (Å²) in [7, 11) is 2.14. The summed E-state index contributed by atoms with van der Waals surface area (Å²) in [4.78, 5) is 12.0. The van der Waals surface area contributed by atoms with Crippen molar-refractivity contribution in [1.82, 2.24) is 0 Å². The summed E-state index contributed by atoms with van der Waals surface area (Å²) < 4.78 is 9.69. The van der Waals surface area contributed by atoms with Gasteiger partial charge in [0, 0.05) is 6.07 Å². The maximum absolute atomic E-state index is 11.3. The number of thiophene rings is 1. The number of ether oxygens (including phenoxy) is 1. The van der Waals surface area contributed by atoms with E-state index >= 15 is 0 Å². The fourth-order valence-electron chi connectivity index (χ4n) is 0.921. The van der Waals surface area contributed by atoms with E-state index in [1.165, 1.54) is 14.2 Å². The summed E-state index contributed by atoms with van der Waals surface area (Å²) in [5, 5.41) is 1.72. The van der Waals surface area contributed by atoms with Gasteiger partial charge in [-0.2, -0.15) is 4.18 Å². The van der Waals surface area contributed by atoms with Crippen LogP contribution in [0.2, 0.25) is 0 Å². The minimum atomic E-state index is -0.696. The van der Waals surface area contributed by atoms with Gasteiger partial charge >= 0.3 is 5.97 Å². The number of esters is 1. The lowest BCUT2D eigenvalue weighted by molar-refractivity contribution is 0.0605. The smallest absolute Gasteiger partial charge is 0.394 e. The van der Waals surface area contributed by atoms with Crippen LogP contribution in [0.5, 0.6) is 0 Å². The molecular weight excluding hydrogens is 222 g/mol. The molecule has 0 bridgehead atoms. The van der Waals surface area contributed by atoms with Gasteiger partial charge in [-0.15, -0.1) is 0 Å². The summed E-state index contributed by atoms with van der Waals surface area (Å²) in [6, 6.07) is 1.60. The van der Waals surface area contributed by atoms with Crippen LogP contribution in [0, 0.1) is 0 Å². The minimum Gasteiger partial charge on any atom is -0.462 e. The molecule has 1 aromatic rings. The third kappa shape index (κ3) is 2.09. The van der Waals surface area contributed by atoms with Crippen molar-refractivity contribution < 1.29 is 13.7 Å². The van der Waals surface area contributed by atoms with Gasteiger partial charge in [-0.25, -0.2) is 4.79 Å². The molecule has 0 fully saturated rings.